The molecule has 0 N–H and O–H groups in total. The highest BCUT2D eigenvalue weighted by Crippen LogP contribution is 2.18. The van der Waals surface area contributed by atoms with E-state index < -0.39 is 8.80 Å². The van der Waals surface area contributed by atoms with E-state index in [1.54, 1.807) is 0 Å². The molecular formula is C15H21NOSi. The van der Waals surface area contributed by atoms with Crippen LogP contribution in [0, 0.1) is 11.3 Å². The highest BCUT2D eigenvalue weighted by Gasteiger charge is 2.26. The molecule has 0 saturated carbocycles. The molecule has 2 unspecified atom stereocenters. The van der Waals surface area contributed by atoms with Gasteiger partial charge in [0.15, 0.2) is 0 Å². The van der Waals surface area contributed by atoms with Gasteiger partial charge in [0.1, 0.15) is 8.80 Å². The Balaban J connectivity index is 2.04. The minimum atomic E-state index is -1.08. The molecule has 1 saturated heterocycles. The Labute approximate surface area is 111 Å². The van der Waals surface area contributed by atoms with Crippen LogP contribution in [0.25, 0.3) is 0 Å². The monoisotopic (exact) mass is 259 g/mol. The zero-order chi connectivity index (χ0) is 12.6. The molecule has 2 rings (SSSR count). The molecule has 0 aromatic heterocycles. The van der Waals surface area contributed by atoms with Crippen molar-refractivity contribution in [2.24, 2.45) is 0 Å². The fourth-order valence-corrected chi connectivity index (χ4v) is 6.25. The van der Waals surface area contributed by atoms with E-state index >= 15 is 0 Å². The fraction of sp³-hybridized carbons (Fsp3) is 0.533. The van der Waals surface area contributed by atoms with Crippen LogP contribution in [0.2, 0.25) is 6.04 Å². The van der Waals surface area contributed by atoms with E-state index in [2.05, 4.69) is 36.4 Å². The van der Waals surface area contributed by atoms with Crippen molar-refractivity contribution < 1.29 is 4.74 Å². The Bertz CT molecular complexity index is 381. The van der Waals surface area contributed by atoms with Crippen LogP contribution in [0.3, 0.4) is 0 Å². The number of rotatable bonds is 5. The SMILES string of the molecule is N#CCCC[SiH](c1ccccc1)C1CCCCO1. The topological polar surface area (TPSA) is 33.0 Å². The van der Waals surface area contributed by atoms with Crippen molar-refractivity contribution in [2.45, 2.75) is 43.9 Å². The number of benzene rings is 1. The molecule has 2 nitrogen and oxygen atoms in total. The van der Waals surface area contributed by atoms with Crippen LogP contribution in [0.1, 0.15) is 32.1 Å². The van der Waals surface area contributed by atoms with Crippen molar-refractivity contribution in [2.75, 3.05) is 6.61 Å². The van der Waals surface area contributed by atoms with Crippen LogP contribution in [-0.2, 0) is 4.74 Å². The predicted molar refractivity (Wildman–Crippen MR) is 76.5 cm³/mol. The molecular weight excluding hydrogens is 238 g/mol. The maximum atomic E-state index is 8.69. The van der Waals surface area contributed by atoms with Gasteiger partial charge in [0.25, 0.3) is 0 Å². The van der Waals surface area contributed by atoms with Crippen LogP contribution in [0.15, 0.2) is 30.3 Å². The third kappa shape index (κ3) is 3.69. The van der Waals surface area contributed by atoms with E-state index in [1.807, 2.05) is 0 Å². The summed E-state index contributed by atoms with van der Waals surface area (Å²) in [5, 5.41) is 10.2. The molecule has 3 heteroatoms. The summed E-state index contributed by atoms with van der Waals surface area (Å²) in [6.45, 7) is 0.930. The summed E-state index contributed by atoms with van der Waals surface area (Å²) >= 11 is 0. The molecule has 1 aromatic rings. The molecule has 0 aliphatic carbocycles. The number of nitriles is 1. The summed E-state index contributed by atoms with van der Waals surface area (Å²) in [6, 6.07) is 14.3. The summed E-state index contributed by atoms with van der Waals surface area (Å²) in [6.07, 6.45) is 5.45. The van der Waals surface area contributed by atoms with Gasteiger partial charge in [-0.3, -0.25) is 0 Å². The van der Waals surface area contributed by atoms with Gasteiger partial charge < -0.3 is 4.74 Å². The van der Waals surface area contributed by atoms with Crippen molar-refractivity contribution >= 4 is 14.0 Å². The molecule has 1 heterocycles. The Morgan fingerprint density at radius 1 is 1.28 bits per heavy atom. The third-order valence-electron chi connectivity index (χ3n) is 3.70. The molecule has 0 radical (unpaired) electrons. The van der Waals surface area contributed by atoms with Crippen molar-refractivity contribution in [3.63, 3.8) is 0 Å². The quantitative estimate of drug-likeness (QED) is 0.601. The first-order valence-electron chi connectivity index (χ1n) is 6.95. The lowest BCUT2D eigenvalue weighted by Gasteiger charge is -2.29. The number of hydrogen-bond acceptors (Lipinski definition) is 2. The lowest BCUT2D eigenvalue weighted by molar-refractivity contribution is 0.0632. The summed E-state index contributed by atoms with van der Waals surface area (Å²) in [7, 11) is -1.08. The Morgan fingerprint density at radius 3 is 2.78 bits per heavy atom. The number of unbranched alkanes of at least 4 members (excludes halogenated alkanes) is 1. The van der Waals surface area contributed by atoms with Gasteiger partial charge in [0, 0.05) is 13.0 Å². The van der Waals surface area contributed by atoms with Crippen LogP contribution in [0.4, 0.5) is 0 Å². The number of hydrogen-bond donors (Lipinski definition) is 0. The summed E-state index contributed by atoms with van der Waals surface area (Å²) in [4.78, 5) is 0. The normalized spacial score (nSPS) is 21.2. The lowest BCUT2D eigenvalue weighted by atomic mass is 10.2. The molecule has 96 valence electrons. The molecule has 18 heavy (non-hydrogen) atoms. The molecule has 2 atom stereocenters. The van der Waals surface area contributed by atoms with Gasteiger partial charge >= 0.3 is 0 Å². The standard InChI is InChI=1S/C15H21NOSi/c16-11-5-7-13-18(14-8-2-1-3-9-14)15-10-4-6-12-17-15/h1-3,8-9,15,18H,4-7,10,12-13H2. The molecule has 0 spiro atoms. The van der Waals surface area contributed by atoms with Crippen molar-refractivity contribution in [1.29, 1.82) is 5.26 Å². The van der Waals surface area contributed by atoms with Crippen molar-refractivity contribution in [1.82, 2.24) is 0 Å². The van der Waals surface area contributed by atoms with Crippen molar-refractivity contribution in [3.05, 3.63) is 30.3 Å². The lowest BCUT2D eigenvalue weighted by Crippen LogP contribution is -2.45. The van der Waals surface area contributed by atoms with E-state index in [4.69, 9.17) is 10.00 Å². The minimum Gasteiger partial charge on any atom is -0.382 e. The minimum absolute atomic E-state index is 0.486. The first kappa shape index (κ1) is 13.3. The van der Waals surface area contributed by atoms with Gasteiger partial charge in [0.05, 0.1) is 11.8 Å². The number of ether oxygens (including phenoxy) is 1. The van der Waals surface area contributed by atoms with E-state index in [0.29, 0.717) is 12.1 Å². The van der Waals surface area contributed by atoms with Gasteiger partial charge in [-0.25, -0.2) is 0 Å². The highest BCUT2D eigenvalue weighted by atomic mass is 28.3. The molecule has 1 aliphatic rings. The molecule has 1 fully saturated rings. The Kier molecular flexibility index (Phi) is 5.44. The molecule has 0 amide bonds. The van der Waals surface area contributed by atoms with Crippen molar-refractivity contribution in [3.8, 4) is 6.07 Å². The second-order valence-electron chi connectivity index (χ2n) is 4.97. The fourth-order valence-electron chi connectivity index (χ4n) is 2.75. The van der Waals surface area contributed by atoms with Gasteiger partial charge in [-0.2, -0.15) is 5.26 Å². The maximum absolute atomic E-state index is 8.69. The van der Waals surface area contributed by atoms with Crippen LogP contribution < -0.4 is 5.19 Å². The Hall–Kier alpha value is -1.11. The summed E-state index contributed by atoms with van der Waals surface area (Å²) < 4.78 is 6.00. The highest BCUT2D eigenvalue weighted by molar-refractivity contribution is 6.74. The number of nitrogens with zero attached hydrogens (tertiary/aromatic N) is 1. The Morgan fingerprint density at radius 2 is 2.11 bits per heavy atom. The average Bonchev–Trinajstić information content (AvgIpc) is 2.46. The second kappa shape index (κ2) is 7.35. The molecule has 1 aliphatic heterocycles. The molecule has 0 bridgehead atoms. The predicted octanol–water partition coefficient (Wildman–Crippen LogP) is 2.53. The average molecular weight is 259 g/mol. The van der Waals surface area contributed by atoms with Gasteiger partial charge in [0.2, 0.25) is 0 Å². The van der Waals surface area contributed by atoms with Crippen LogP contribution in [0.5, 0.6) is 0 Å². The smallest absolute Gasteiger partial charge is 0.104 e. The maximum Gasteiger partial charge on any atom is 0.104 e. The largest absolute Gasteiger partial charge is 0.382 e. The summed E-state index contributed by atoms with van der Waals surface area (Å²) in [5.74, 6) is 0. The second-order valence-corrected chi connectivity index (χ2v) is 8.17. The van der Waals surface area contributed by atoms with E-state index in [9.17, 15) is 0 Å². The molecule has 1 aromatic carbocycles. The van der Waals surface area contributed by atoms with Gasteiger partial charge in [-0.05, 0) is 25.7 Å². The van der Waals surface area contributed by atoms with E-state index in [1.165, 1.54) is 30.5 Å². The van der Waals surface area contributed by atoms with E-state index in [-0.39, 0.29) is 0 Å². The zero-order valence-corrected chi connectivity index (χ0v) is 12.0. The zero-order valence-electron chi connectivity index (χ0n) is 10.8. The van der Waals surface area contributed by atoms with Gasteiger partial charge in [-0.15, -0.1) is 0 Å². The van der Waals surface area contributed by atoms with E-state index in [0.717, 1.165) is 13.0 Å². The van der Waals surface area contributed by atoms with Crippen LogP contribution in [-0.4, -0.2) is 21.1 Å². The summed E-state index contributed by atoms with van der Waals surface area (Å²) in [5.41, 5.74) is 0.486. The van der Waals surface area contributed by atoms with Gasteiger partial charge in [-0.1, -0.05) is 41.6 Å². The van der Waals surface area contributed by atoms with Crippen LogP contribution >= 0.6 is 0 Å². The first-order chi connectivity index (χ1) is 8.92. The third-order valence-corrected chi connectivity index (χ3v) is 7.39. The first-order valence-corrected chi connectivity index (χ1v) is 9.01.